The molecule has 194 valence electrons. The second-order valence-electron chi connectivity index (χ2n) is 7.66. The topological polar surface area (TPSA) is 157 Å². The molecule has 0 aliphatic heterocycles. The Morgan fingerprint density at radius 3 is 2.30 bits per heavy atom. The van der Waals surface area contributed by atoms with E-state index in [-0.39, 0.29) is 53.1 Å². The van der Waals surface area contributed by atoms with E-state index in [0.29, 0.717) is 11.3 Å². The van der Waals surface area contributed by atoms with Crippen LogP contribution in [0.2, 0.25) is 5.02 Å². The molecule has 3 aromatic carbocycles. The molecule has 0 saturated carbocycles. The second-order valence-corrected chi connectivity index (χ2v) is 8.06. The fraction of sp³-hybridized carbons (Fsp3) is 0.120. The highest BCUT2D eigenvalue weighted by molar-refractivity contribution is 6.31. The lowest BCUT2D eigenvalue weighted by atomic mass is 10.0. The average Bonchev–Trinajstić information content (AvgIpc) is 2.81. The molecule has 6 N–H and O–H groups in total. The maximum Gasteiger partial charge on any atom is 0.343 e. The van der Waals surface area contributed by atoms with Gasteiger partial charge < -0.3 is 26.6 Å². The minimum atomic E-state index is -1.33. The van der Waals surface area contributed by atoms with Crippen LogP contribution in [0.4, 0.5) is 10.1 Å². The average molecular weight is 549 g/mol. The number of carboxylic acid groups (broad SMARTS) is 1. The van der Waals surface area contributed by atoms with E-state index in [9.17, 15) is 23.9 Å². The van der Waals surface area contributed by atoms with Crippen molar-refractivity contribution in [2.45, 2.75) is 18.9 Å². The van der Waals surface area contributed by atoms with E-state index in [2.05, 4.69) is 10.3 Å². The van der Waals surface area contributed by atoms with Crippen LogP contribution in [0.25, 0.3) is 0 Å². The fourth-order valence-electron chi connectivity index (χ4n) is 3.22. The van der Waals surface area contributed by atoms with Gasteiger partial charge in [0, 0.05) is 11.4 Å². The lowest BCUT2D eigenvalue weighted by molar-refractivity contribution is -0.141. The molecule has 3 rings (SSSR count). The van der Waals surface area contributed by atoms with Crippen molar-refractivity contribution in [3.63, 3.8) is 0 Å². The Morgan fingerprint density at radius 1 is 1.03 bits per heavy atom. The first-order valence-corrected chi connectivity index (χ1v) is 11.0. The van der Waals surface area contributed by atoms with Gasteiger partial charge in [-0.15, -0.1) is 12.4 Å². The number of carboxylic acids is 1. The lowest BCUT2D eigenvalue weighted by Crippen LogP contribution is -2.43. The maximum atomic E-state index is 13.9. The number of ether oxygens (including phenoxy) is 1. The number of carbonyl (C=O) groups excluding carboxylic acids is 2. The zero-order valence-corrected chi connectivity index (χ0v) is 20.8. The van der Waals surface area contributed by atoms with E-state index in [1.165, 1.54) is 48.5 Å². The molecule has 3 aromatic rings. The quantitative estimate of drug-likeness (QED) is 0.138. The number of nitrogens with zero attached hydrogens (tertiary/aromatic N) is 1. The summed E-state index contributed by atoms with van der Waals surface area (Å²) in [6.07, 6.45) is -0.455. The summed E-state index contributed by atoms with van der Waals surface area (Å²) in [4.78, 5) is 40.3. The van der Waals surface area contributed by atoms with E-state index in [1.807, 2.05) is 0 Å². The summed E-state index contributed by atoms with van der Waals surface area (Å²) in [7, 11) is 0. The van der Waals surface area contributed by atoms with Gasteiger partial charge in [0.05, 0.1) is 17.7 Å². The Balaban J connectivity index is 0.00000481. The molecule has 12 heteroatoms. The monoisotopic (exact) mass is 548 g/mol. The number of amides is 1. The molecule has 0 heterocycles. The molecule has 0 aliphatic carbocycles. The fourth-order valence-corrected chi connectivity index (χ4v) is 3.46. The van der Waals surface area contributed by atoms with E-state index in [0.717, 1.165) is 0 Å². The highest BCUT2D eigenvalue weighted by Crippen LogP contribution is 2.24. The first-order chi connectivity index (χ1) is 17.1. The molecule has 1 amide bonds. The number of nitrogens with two attached hydrogens (primary N) is 2. The minimum absolute atomic E-state index is 0. The Labute approximate surface area is 222 Å². The molecule has 0 bridgehead atoms. The van der Waals surface area contributed by atoms with Crippen molar-refractivity contribution >= 4 is 53.5 Å². The molecular weight excluding hydrogens is 526 g/mol. The van der Waals surface area contributed by atoms with Gasteiger partial charge in [-0.1, -0.05) is 35.9 Å². The summed E-state index contributed by atoms with van der Waals surface area (Å²) in [5, 5.41) is 12.0. The highest BCUT2D eigenvalue weighted by Gasteiger charge is 2.22. The number of hydrogen-bond donors (Lipinski definition) is 4. The molecule has 0 aliphatic rings. The molecule has 0 radical (unpaired) electrons. The number of carbonyl (C=O) groups is 3. The van der Waals surface area contributed by atoms with Crippen molar-refractivity contribution in [2.75, 3.05) is 0 Å². The van der Waals surface area contributed by atoms with Crippen LogP contribution >= 0.6 is 24.0 Å². The van der Waals surface area contributed by atoms with Gasteiger partial charge in [0.15, 0.2) is 5.96 Å². The summed E-state index contributed by atoms with van der Waals surface area (Å²) in [6.45, 7) is 0. The minimum Gasteiger partial charge on any atom is -0.480 e. The van der Waals surface area contributed by atoms with Crippen molar-refractivity contribution in [2.24, 2.45) is 16.5 Å². The summed E-state index contributed by atoms with van der Waals surface area (Å²) < 4.78 is 19.2. The zero-order chi connectivity index (χ0) is 26.2. The molecule has 0 fully saturated rings. The first kappa shape index (κ1) is 29.1. The van der Waals surface area contributed by atoms with Crippen LogP contribution in [0.3, 0.4) is 0 Å². The standard InChI is InChI=1S/C25H22ClFN4O5.ClH/c26-19-13-18(36-24(35)14-5-8-17(9-6-14)30-25(28)29)10-7-15(19)12-22(32)31-21(23(33)34)11-16-3-1-2-4-20(16)27;/h1-10,13,21H,11-12H2,(H,31,32)(H,33,34)(H4,28,29,30);1H/t21-;/m0./s1. The van der Waals surface area contributed by atoms with E-state index >= 15 is 0 Å². The number of aliphatic carboxylic acids is 1. The molecule has 0 unspecified atom stereocenters. The van der Waals surface area contributed by atoms with Crippen molar-refractivity contribution in [3.05, 3.63) is 94.3 Å². The SMILES string of the molecule is Cl.NC(N)=Nc1ccc(C(=O)Oc2ccc(CC(=O)N[C@@H](Cc3ccccc3F)C(=O)O)c(Cl)c2)cc1. The Kier molecular flexibility index (Phi) is 10.4. The molecule has 0 saturated heterocycles. The number of benzene rings is 3. The van der Waals surface area contributed by atoms with E-state index in [4.69, 9.17) is 27.8 Å². The van der Waals surface area contributed by atoms with Gasteiger partial charge in [-0.3, -0.25) is 4.79 Å². The van der Waals surface area contributed by atoms with Crippen LogP contribution in [0, 0.1) is 5.82 Å². The Hall–Kier alpha value is -4.15. The third kappa shape index (κ3) is 8.48. The Morgan fingerprint density at radius 2 is 1.70 bits per heavy atom. The van der Waals surface area contributed by atoms with Gasteiger partial charge in [-0.05, 0) is 53.6 Å². The summed E-state index contributed by atoms with van der Waals surface area (Å²) in [5.41, 5.74) is 11.9. The van der Waals surface area contributed by atoms with E-state index in [1.54, 1.807) is 18.2 Å². The predicted molar refractivity (Wildman–Crippen MR) is 139 cm³/mol. The number of rotatable bonds is 9. The third-order valence-electron chi connectivity index (χ3n) is 4.96. The molecular formula is C25H23Cl2FN4O5. The van der Waals surface area contributed by atoms with Gasteiger partial charge in [-0.2, -0.15) is 0 Å². The number of nitrogens with one attached hydrogen (secondary N) is 1. The van der Waals surface area contributed by atoms with Gasteiger partial charge in [-0.25, -0.2) is 19.0 Å². The van der Waals surface area contributed by atoms with Crippen molar-refractivity contribution < 1.29 is 28.6 Å². The largest absolute Gasteiger partial charge is 0.480 e. The van der Waals surface area contributed by atoms with Gasteiger partial charge >= 0.3 is 11.9 Å². The molecule has 1 atom stereocenters. The summed E-state index contributed by atoms with van der Waals surface area (Å²) >= 11 is 6.25. The molecule has 9 nitrogen and oxygen atoms in total. The van der Waals surface area contributed by atoms with Crippen LogP contribution in [0.5, 0.6) is 5.75 Å². The number of halogens is 3. The van der Waals surface area contributed by atoms with Crippen LogP contribution in [-0.2, 0) is 22.4 Å². The molecule has 0 aromatic heterocycles. The normalized spacial score (nSPS) is 11.0. The summed E-state index contributed by atoms with van der Waals surface area (Å²) in [5.74, 6) is -3.10. The maximum absolute atomic E-state index is 13.9. The van der Waals surface area contributed by atoms with Crippen LogP contribution < -0.4 is 21.5 Å². The predicted octanol–water partition coefficient (Wildman–Crippen LogP) is 3.38. The lowest BCUT2D eigenvalue weighted by Gasteiger charge is -2.15. The highest BCUT2D eigenvalue weighted by atomic mass is 35.5. The van der Waals surface area contributed by atoms with Crippen LogP contribution in [-0.4, -0.2) is 35.0 Å². The number of aliphatic imine (C=N–C) groups is 1. The zero-order valence-electron chi connectivity index (χ0n) is 19.2. The van der Waals surface area contributed by atoms with Crippen molar-refractivity contribution in [1.82, 2.24) is 5.32 Å². The summed E-state index contributed by atoms with van der Waals surface area (Å²) in [6, 6.07) is 14.8. The van der Waals surface area contributed by atoms with Crippen molar-refractivity contribution in [3.8, 4) is 5.75 Å². The number of guanidine groups is 1. The van der Waals surface area contributed by atoms with Gasteiger partial charge in [0.2, 0.25) is 5.91 Å². The first-order valence-electron chi connectivity index (χ1n) is 10.6. The van der Waals surface area contributed by atoms with E-state index < -0.39 is 29.7 Å². The number of esters is 1. The third-order valence-corrected chi connectivity index (χ3v) is 5.31. The van der Waals surface area contributed by atoms with Gasteiger partial charge in [0.1, 0.15) is 17.6 Å². The molecule has 37 heavy (non-hydrogen) atoms. The van der Waals surface area contributed by atoms with Crippen LogP contribution in [0.15, 0.2) is 71.7 Å². The van der Waals surface area contributed by atoms with Gasteiger partial charge in [0.25, 0.3) is 0 Å². The second kappa shape index (κ2) is 13.2. The Bertz CT molecular complexity index is 1310. The van der Waals surface area contributed by atoms with Crippen LogP contribution in [0.1, 0.15) is 21.5 Å². The van der Waals surface area contributed by atoms with Crippen molar-refractivity contribution in [1.29, 1.82) is 0 Å². The molecule has 0 spiro atoms. The smallest absolute Gasteiger partial charge is 0.343 e. The number of hydrogen-bond acceptors (Lipinski definition) is 5.